The number of rotatable bonds is 6. The van der Waals surface area contributed by atoms with Crippen LogP contribution in [0.15, 0.2) is 12.4 Å². The molecule has 24 heavy (non-hydrogen) atoms. The first kappa shape index (κ1) is 17.1. The van der Waals surface area contributed by atoms with Gasteiger partial charge in [0.2, 0.25) is 5.91 Å². The predicted octanol–water partition coefficient (Wildman–Crippen LogP) is 2.03. The Morgan fingerprint density at radius 3 is 2.75 bits per heavy atom. The molecule has 3 rings (SSSR count). The van der Waals surface area contributed by atoms with Gasteiger partial charge in [-0.05, 0) is 31.9 Å². The highest BCUT2D eigenvalue weighted by Gasteiger charge is 2.23. The number of carbonyl (C=O) groups is 1. The van der Waals surface area contributed by atoms with Crippen LogP contribution in [-0.4, -0.2) is 53.5 Å². The van der Waals surface area contributed by atoms with E-state index < -0.39 is 0 Å². The van der Waals surface area contributed by atoms with Gasteiger partial charge in [-0.3, -0.25) is 4.79 Å². The van der Waals surface area contributed by atoms with Crippen molar-refractivity contribution < 1.29 is 4.79 Å². The van der Waals surface area contributed by atoms with Crippen LogP contribution in [0.3, 0.4) is 0 Å². The largest absolute Gasteiger partial charge is 0.352 e. The first-order valence-corrected chi connectivity index (χ1v) is 9.50. The van der Waals surface area contributed by atoms with Crippen LogP contribution < -0.4 is 10.6 Å². The number of fused-ring (bicyclic) bond motifs is 1. The molecule has 0 atom stereocenters. The summed E-state index contributed by atoms with van der Waals surface area (Å²) in [6.45, 7) is 5.99. The van der Waals surface area contributed by atoms with Gasteiger partial charge < -0.3 is 15.5 Å². The fraction of sp³-hybridized carbons (Fsp3) is 0.588. The molecule has 0 radical (unpaired) electrons. The lowest BCUT2D eigenvalue weighted by Gasteiger charge is -2.35. The third-order valence-corrected chi connectivity index (χ3v) is 5.67. The minimum Gasteiger partial charge on any atom is -0.352 e. The van der Waals surface area contributed by atoms with E-state index in [0.29, 0.717) is 13.0 Å². The van der Waals surface area contributed by atoms with Crippen LogP contribution in [0.1, 0.15) is 31.1 Å². The van der Waals surface area contributed by atoms with E-state index in [1.165, 1.54) is 4.88 Å². The van der Waals surface area contributed by atoms with Gasteiger partial charge in [0.25, 0.3) is 0 Å². The average Bonchev–Trinajstić information content (AvgIpc) is 3.05. The molecule has 1 aliphatic rings. The lowest BCUT2D eigenvalue weighted by Crippen LogP contribution is -2.49. The number of hydrogen-bond acceptors (Lipinski definition) is 6. The van der Waals surface area contributed by atoms with Crippen molar-refractivity contribution in [3.05, 3.63) is 17.3 Å². The lowest BCUT2D eigenvalue weighted by molar-refractivity contribution is -0.131. The van der Waals surface area contributed by atoms with Crippen LogP contribution >= 0.6 is 11.3 Å². The topological polar surface area (TPSA) is 75.3 Å². The number of aromatic nitrogens is 2. The zero-order chi connectivity index (χ0) is 16.9. The third kappa shape index (κ3) is 3.67. The summed E-state index contributed by atoms with van der Waals surface area (Å²) in [5, 5.41) is 1.14. The number of aryl methyl sites for hydroxylation is 1. The fourth-order valence-electron chi connectivity index (χ4n) is 3.07. The summed E-state index contributed by atoms with van der Waals surface area (Å²) >= 11 is 1.74. The van der Waals surface area contributed by atoms with Crippen LogP contribution in [0.5, 0.6) is 0 Å². The van der Waals surface area contributed by atoms with Gasteiger partial charge >= 0.3 is 0 Å². The van der Waals surface area contributed by atoms with Gasteiger partial charge in [0, 0.05) is 37.5 Å². The standard InChI is InChI=1S/C17H25N5OS/c1-2-13-11-14-16(19-12-20-17(14)24-13)22-9-7-21(8-10-22)15(23)5-3-4-6-18/h11-12H,2-10,18H2,1H3. The maximum absolute atomic E-state index is 12.2. The fourth-order valence-corrected chi connectivity index (χ4v) is 3.99. The quantitative estimate of drug-likeness (QED) is 0.809. The second kappa shape index (κ2) is 7.90. The van der Waals surface area contributed by atoms with Gasteiger partial charge in [0.05, 0.1) is 5.39 Å². The Bertz CT molecular complexity index is 693. The minimum absolute atomic E-state index is 0.250. The molecule has 0 aromatic carbocycles. The van der Waals surface area contributed by atoms with Gasteiger partial charge in [0.1, 0.15) is 17.0 Å². The molecule has 2 aromatic rings. The third-order valence-electron chi connectivity index (χ3n) is 4.48. The maximum atomic E-state index is 12.2. The first-order chi connectivity index (χ1) is 11.7. The summed E-state index contributed by atoms with van der Waals surface area (Å²) in [5.74, 6) is 1.26. The van der Waals surface area contributed by atoms with Gasteiger partial charge in [-0.15, -0.1) is 11.3 Å². The normalized spacial score (nSPS) is 15.2. The molecule has 6 nitrogen and oxygen atoms in total. The van der Waals surface area contributed by atoms with Gasteiger partial charge in [-0.25, -0.2) is 9.97 Å². The van der Waals surface area contributed by atoms with Gasteiger partial charge in [-0.2, -0.15) is 0 Å². The highest BCUT2D eigenvalue weighted by Crippen LogP contribution is 2.30. The van der Waals surface area contributed by atoms with E-state index in [0.717, 1.165) is 61.5 Å². The Morgan fingerprint density at radius 2 is 2.04 bits per heavy atom. The second-order valence-electron chi connectivity index (χ2n) is 6.10. The molecule has 0 bridgehead atoms. The van der Waals surface area contributed by atoms with Crippen molar-refractivity contribution in [2.24, 2.45) is 5.73 Å². The average molecular weight is 347 g/mol. The highest BCUT2D eigenvalue weighted by atomic mass is 32.1. The molecule has 1 amide bonds. The molecule has 130 valence electrons. The number of carbonyl (C=O) groups excluding carboxylic acids is 1. The minimum atomic E-state index is 0.250. The van der Waals surface area contributed by atoms with Crippen molar-refractivity contribution in [3.63, 3.8) is 0 Å². The van der Waals surface area contributed by atoms with Crippen LogP contribution in [0.2, 0.25) is 0 Å². The van der Waals surface area contributed by atoms with E-state index in [1.807, 2.05) is 4.90 Å². The van der Waals surface area contributed by atoms with Crippen molar-refractivity contribution in [2.45, 2.75) is 32.6 Å². The number of piperazine rings is 1. The molecule has 2 N–H and O–H groups in total. The Balaban J connectivity index is 1.64. The van der Waals surface area contributed by atoms with Crippen LogP contribution in [0, 0.1) is 0 Å². The molecule has 0 aliphatic carbocycles. The molecular formula is C17H25N5OS. The number of unbranched alkanes of at least 4 members (excludes halogenated alkanes) is 1. The van der Waals surface area contributed by atoms with E-state index in [-0.39, 0.29) is 5.91 Å². The molecule has 0 saturated carbocycles. The molecule has 0 unspecified atom stereocenters. The zero-order valence-electron chi connectivity index (χ0n) is 14.2. The molecule has 1 fully saturated rings. The van der Waals surface area contributed by atoms with Gasteiger partial charge in [0.15, 0.2) is 0 Å². The van der Waals surface area contributed by atoms with E-state index in [9.17, 15) is 4.79 Å². The summed E-state index contributed by atoms with van der Waals surface area (Å²) in [7, 11) is 0. The number of nitrogens with two attached hydrogens (primary N) is 1. The van der Waals surface area contributed by atoms with E-state index in [2.05, 4.69) is 27.9 Å². The summed E-state index contributed by atoms with van der Waals surface area (Å²) in [4.78, 5) is 27.8. The number of amides is 1. The van der Waals surface area contributed by atoms with Crippen molar-refractivity contribution in [3.8, 4) is 0 Å². The van der Waals surface area contributed by atoms with Crippen LogP contribution in [0.4, 0.5) is 5.82 Å². The Morgan fingerprint density at radius 1 is 1.25 bits per heavy atom. The predicted molar refractivity (Wildman–Crippen MR) is 98.5 cm³/mol. The Labute approximate surface area is 146 Å². The molecule has 0 spiro atoms. The zero-order valence-corrected chi connectivity index (χ0v) is 15.0. The van der Waals surface area contributed by atoms with E-state index in [1.54, 1.807) is 17.7 Å². The molecule has 1 aliphatic heterocycles. The number of thiophene rings is 1. The number of nitrogens with zero attached hydrogens (tertiary/aromatic N) is 4. The van der Waals surface area contributed by atoms with Crippen molar-refractivity contribution in [1.82, 2.24) is 14.9 Å². The van der Waals surface area contributed by atoms with E-state index >= 15 is 0 Å². The molecular weight excluding hydrogens is 322 g/mol. The summed E-state index contributed by atoms with van der Waals surface area (Å²) in [6, 6.07) is 2.21. The Hall–Kier alpha value is -1.73. The Kier molecular flexibility index (Phi) is 5.63. The summed E-state index contributed by atoms with van der Waals surface area (Å²) in [6.07, 6.45) is 5.09. The summed E-state index contributed by atoms with van der Waals surface area (Å²) < 4.78 is 0. The monoisotopic (exact) mass is 347 g/mol. The molecule has 7 heteroatoms. The van der Waals surface area contributed by atoms with Gasteiger partial charge in [-0.1, -0.05) is 6.92 Å². The maximum Gasteiger partial charge on any atom is 0.222 e. The number of hydrogen-bond donors (Lipinski definition) is 1. The number of anilines is 1. The SMILES string of the molecule is CCc1cc2c(N3CCN(C(=O)CCCCN)CC3)ncnc2s1. The summed E-state index contributed by atoms with van der Waals surface area (Å²) in [5.41, 5.74) is 5.49. The first-order valence-electron chi connectivity index (χ1n) is 8.69. The van der Waals surface area contributed by atoms with Crippen LogP contribution in [0.25, 0.3) is 10.2 Å². The molecule has 1 saturated heterocycles. The second-order valence-corrected chi connectivity index (χ2v) is 7.21. The smallest absolute Gasteiger partial charge is 0.222 e. The van der Waals surface area contributed by atoms with Crippen molar-refractivity contribution >= 4 is 33.3 Å². The van der Waals surface area contributed by atoms with Crippen molar-refractivity contribution in [1.29, 1.82) is 0 Å². The lowest BCUT2D eigenvalue weighted by atomic mass is 10.2. The highest BCUT2D eigenvalue weighted by molar-refractivity contribution is 7.18. The molecule has 2 aromatic heterocycles. The molecule has 3 heterocycles. The van der Waals surface area contributed by atoms with Crippen LogP contribution in [-0.2, 0) is 11.2 Å². The van der Waals surface area contributed by atoms with E-state index in [4.69, 9.17) is 5.73 Å². The van der Waals surface area contributed by atoms with Crippen molar-refractivity contribution in [2.75, 3.05) is 37.6 Å².